The van der Waals surface area contributed by atoms with Gasteiger partial charge in [-0.2, -0.15) is 0 Å². The van der Waals surface area contributed by atoms with Gasteiger partial charge in [-0.25, -0.2) is 0 Å². The fourth-order valence-electron chi connectivity index (χ4n) is 3.20. The lowest BCUT2D eigenvalue weighted by molar-refractivity contribution is 0.253. The second-order valence-electron chi connectivity index (χ2n) is 6.69. The first kappa shape index (κ1) is 19.9. The smallest absolute Gasteiger partial charge is 0.00930 e. The molecule has 2 heteroatoms. The fraction of sp³-hybridized carbons (Fsp3) is 1.00. The zero-order chi connectivity index (χ0) is 15.4. The van der Waals surface area contributed by atoms with Gasteiger partial charge in [-0.05, 0) is 64.1 Å². The summed E-state index contributed by atoms with van der Waals surface area (Å²) in [7, 11) is 2.24. The van der Waals surface area contributed by atoms with Gasteiger partial charge in [-0.15, -0.1) is 0 Å². The maximum atomic E-state index is 6.55. The van der Waals surface area contributed by atoms with Crippen LogP contribution in [0.2, 0.25) is 0 Å². The van der Waals surface area contributed by atoms with Gasteiger partial charge in [-0.1, -0.05) is 47.0 Å². The molecule has 0 radical (unpaired) electrons. The maximum absolute atomic E-state index is 6.55. The van der Waals surface area contributed by atoms with Gasteiger partial charge in [0.15, 0.2) is 0 Å². The Bertz CT molecular complexity index is 206. The van der Waals surface area contributed by atoms with E-state index in [4.69, 9.17) is 5.73 Å². The van der Waals surface area contributed by atoms with Crippen LogP contribution in [0, 0.1) is 11.8 Å². The van der Waals surface area contributed by atoms with Crippen molar-refractivity contribution in [2.75, 3.05) is 20.1 Å². The Morgan fingerprint density at radius 1 is 0.850 bits per heavy atom. The molecule has 2 unspecified atom stereocenters. The number of nitrogens with two attached hydrogens (primary N) is 1. The Hall–Kier alpha value is -0.0800. The molecule has 2 nitrogen and oxygen atoms in total. The summed E-state index contributed by atoms with van der Waals surface area (Å²) in [6, 6.07) is 0.401. The molecule has 122 valence electrons. The van der Waals surface area contributed by atoms with Crippen molar-refractivity contribution in [3.8, 4) is 0 Å². The van der Waals surface area contributed by atoms with E-state index in [2.05, 4.69) is 39.6 Å². The predicted octanol–water partition coefficient (Wildman–Crippen LogP) is 4.68. The molecule has 0 aliphatic rings. The average molecular weight is 285 g/mol. The van der Waals surface area contributed by atoms with Crippen molar-refractivity contribution in [1.29, 1.82) is 0 Å². The van der Waals surface area contributed by atoms with Crippen molar-refractivity contribution in [1.82, 2.24) is 4.90 Å². The molecule has 0 spiro atoms. The lowest BCUT2D eigenvalue weighted by Crippen LogP contribution is -2.37. The van der Waals surface area contributed by atoms with E-state index >= 15 is 0 Å². The Morgan fingerprint density at radius 2 is 1.55 bits per heavy atom. The van der Waals surface area contributed by atoms with Gasteiger partial charge in [0.2, 0.25) is 0 Å². The van der Waals surface area contributed by atoms with Gasteiger partial charge in [0.05, 0.1) is 0 Å². The quantitative estimate of drug-likeness (QED) is 0.532. The van der Waals surface area contributed by atoms with Crippen LogP contribution in [-0.2, 0) is 0 Å². The zero-order valence-electron chi connectivity index (χ0n) is 14.8. The maximum Gasteiger partial charge on any atom is 0.00930 e. The van der Waals surface area contributed by atoms with Gasteiger partial charge in [0.25, 0.3) is 0 Å². The Labute approximate surface area is 128 Å². The first-order valence-corrected chi connectivity index (χ1v) is 9.00. The SMILES string of the molecule is CCCC[C@H](C)C(N)C(CCC)CCCN(C)CCC. The van der Waals surface area contributed by atoms with Crippen molar-refractivity contribution in [2.45, 2.75) is 85.1 Å². The second kappa shape index (κ2) is 12.6. The normalized spacial score (nSPS) is 16.4. The highest BCUT2D eigenvalue weighted by Gasteiger charge is 2.22. The number of rotatable bonds is 13. The molecule has 3 atom stereocenters. The Kier molecular flexibility index (Phi) is 12.6. The third kappa shape index (κ3) is 8.97. The number of hydrogen-bond donors (Lipinski definition) is 1. The van der Waals surface area contributed by atoms with Crippen LogP contribution in [0.5, 0.6) is 0 Å². The Morgan fingerprint density at radius 3 is 2.10 bits per heavy atom. The lowest BCUT2D eigenvalue weighted by atomic mass is 9.82. The highest BCUT2D eigenvalue weighted by Crippen LogP contribution is 2.24. The molecule has 0 aromatic heterocycles. The van der Waals surface area contributed by atoms with E-state index in [-0.39, 0.29) is 0 Å². The van der Waals surface area contributed by atoms with Crippen molar-refractivity contribution in [3.63, 3.8) is 0 Å². The van der Waals surface area contributed by atoms with E-state index in [0.29, 0.717) is 12.0 Å². The van der Waals surface area contributed by atoms with Crippen LogP contribution in [-0.4, -0.2) is 31.1 Å². The van der Waals surface area contributed by atoms with Gasteiger partial charge < -0.3 is 10.6 Å². The summed E-state index contributed by atoms with van der Waals surface area (Å²) in [6.07, 6.45) is 10.3. The molecule has 20 heavy (non-hydrogen) atoms. The summed E-state index contributed by atoms with van der Waals surface area (Å²) in [4.78, 5) is 2.45. The highest BCUT2D eigenvalue weighted by molar-refractivity contribution is 4.78. The monoisotopic (exact) mass is 284 g/mol. The molecular formula is C18H40N2. The third-order valence-corrected chi connectivity index (χ3v) is 4.59. The van der Waals surface area contributed by atoms with Crippen molar-refractivity contribution < 1.29 is 0 Å². The van der Waals surface area contributed by atoms with Crippen LogP contribution in [0.1, 0.15) is 79.1 Å². The van der Waals surface area contributed by atoms with Crippen molar-refractivity contribution >= 4 is 0 Å². The number of nitrogens with zero attached hydrogens (tertiary/aromatic N) is 1. The minimum atomic E-state index is 0.401. The largest absolute Gasteiger partial charge is 0.327 e. The van der Waals surface area contributed by atoms with Crippen LogP contribution in [0.25, 0.3) is 0 Å². The van der Waals surface area contributed by atoms with E-state index in [9.17, 15) is 0 Å². The summed E-state index contributed by atoms with van der Waals surface area (Å²) in [5.41, 5.74) is 6.55. The average Bonchev–Trinajstić information content (AvgIpc) is 2.43. The summed E-state index contributed by atoms with van der Waals surface area (Å²) in [5.74, 6) is 1.40. The van der Waals surface area contributed by atoms with E-state index in [0.717, 1.165) is 5.92 Å². The molecule has 0 saturated heterocycles. The van der Waals surface area contributed by atoms with Crippen molar-refractivity contribution in [3.05, 3.63) is 0 Å². The molecule has 0 aliphatic carbocycles. The first-order chi connectivity index (χ1) is 9.56. The van der Waals surface area contributed by atoms with E-state index in [1.165, 1.54) is 64.5 Å². The minimum absolute atomic E-state index is 0.401. The van der Waals surface area contributed by atoms with Gasteiger partial charge >= 0.3 is 0 Å². The van der Waals surface area contributed by atoms with E-state index < -0.39 is 0 Å². The van der Waals surface area contributed by atoms with Gasteiger partial charge in [0.1, 0.15) is 0 Å². The third-order valence-electron chi connectivity index (χ3n) is 4.59. The van der Waals surface area contributed by atoms with Crippen LogP contribution in [0.4, 0.5) is 0 Å². The molecule has 0 heterocycles. The second-order valence-corrected chi connectivity index (χ2v) is 6.69. The molecule has 0 bridgehead atoms. The predicted molar refractivity (Wildman–Crippen MR) is 92.1 cm³/mol. The van der Waals surface area contributed by atoms with Crippen molar-refractivity contribution in [2.24, 2.45) is 17.6 Å². The Balaban J connectivity index is 4.12. The molecule has 2 N–H and O–H groups in total. The first-order valence-electron chi connectivity index (χ1n) is 9.00. The summed E-state index contributed by atoms with van der Waals surface area (Å²) in [5, 5.41) is 0. The zero-order valence-corrected chi connectivity index (χ0v) is 14.8. The molecule has 0 saturated carbocycles. The van der Waals surface area contributed by atoms with Crippen LogP contribution < -0.4 is 5.73 Å². The summed E-state index contributed by atoms with van der Waals surface area (Å²) < 4.78 is 0. The topological polar surface area (TPSA) is 29.3 Å². The number of unbranched alkanes of at least 4 members (excludes halogenated alkanes) is 1. The van der Waals surface area contributed by atoms with Crippen LogP contribution in [0.15, 0.2) is 0 Å². The molecule has 0 aromatic carbocycles. The minimum Gasteiger partial charge on any atom is -0.327 e. The summed E-state index contributed by atoms with van der Waals surface area (Å²) >= 11 is 0. The summed E-state index contributed by atoms with van der Waals surface area (Å²) in [6.45, 7) is 11.6. The molecule has 0 amide bonds. The lowest BCUT2D eigenvalue weighted by Gasteiger charge is -2.29. The van der Waals surface area contributed by atoms with Gasteiger partial charge in [-0.3, -0.25) is 0 Å². The van der Waals surface area contributed by atoms with E-state index in [1.54, 1.807) is 0 Å². The fourth-order valence-corrected chi connectivity index (χ4v) is 3.20. The number of hydrogen-bond acceptors (Lipinski definition) is 2. The highest BCUT2D eigenvalue weighted by atomic mass is 15.1. The molecule has 0 rings (SSSR count). The molecule has 0 fully saturated rings. The standard InChI is InChI=1S/C18H40N2/c1-6-9-12-16(4)18(19)17(11-7-2)13-10-15-20(5)14-8-3/h16-18H,6-15,19H2,1-5H3/t16-,17?,18?/m0/s1. The molecule has 0 aromatic rings. The molecular weight excluding hydrogens is 244 g/mol. The van der Waals surface area contributed by atoms with Crippen LogP contribution in [0.3, 0.4) is 0 Å². The van der Waals surface area contributed by atoms with Gasteiger partial charge in [0, 0.05) is 6.04 Å². The van der Waals surface area contributed by atoms with E-state index in [1.807, 2.05) is 0 Å². The van der Waals surface area contributed by atoms with Crippen LogP contribution >= 0.6 is 0 Å². The molecule has 0 aliphatic heterocycles.